The first-order chi connectivity index (χ1) is 14.1. The average Bonchev–Trinajstić information content (AvgIpc) is 3.25. The number of hydrogen-bond acceptors (Lipinski definition) is 7. The van der Waals surface area contributed by atoms with Gasteiger partial charge < -0.3 is 15.5 Å². The molecule has 0 spiro atoms. The third kappa shape index (κ3) is 3.60. The summed E-state index contributed by atoms with van der Waals surface area (Å²) in [6.45, 7) is 0. The van der Waals surface area contributed by atoms with E-state index in [1.165, 1.54) is 18.5 Å². The summed E-state index contributed by atoms with van der Waals surface area (Å²) in [4.78, 5) is 18.0. The van der Waals surface area contributed by atoms with Crippen LogP contribution in [0.2, 0.25) is 0 Å². The molecule has 2 unspecified atom stereocenters. The van der Waals surface area contributed by atoms with Crippen LogP contribution in [-0.2, 0) is 6.18 Å². The molecule has 3 aromatic rings. The zero-order valence-electron chi connectivity index (χ0n) is 15.4. The zero-order chi connectivity index (χ0) is 21.7. The van der Waals surface area contributed by atoms with Gasteiger partial charge in [-0.15, -0.1) is 0 Å². The van der Waals surface area contributed by atoms with E-state index in [4.69, 9.17) is 0 Å². The Bertz CT molecular complexity index is 1120. The monoisotopic (exact) mass is 423 g/mol. The van der Waals surface area contributed by atoms with Crippen molar-refractivity contribution in [2.24, 2.45) is 0 Å². The number of H-pyrrole nitrogens is 1. The highest BCUT2D eigenvalue weighted by molar-refractivity contribution is 6.11. The number of aromatic nitrogens is 2. The van der Waals surface area contributed by atoms with Crippen LogP contribution < -0.4 is 16.3 Å². The topological polar surface area (TPSA) is 128 Å². The molecular weight excluding hydrogens is 407 g/mol. The predicted molar refractivity (Wildman–Crippen MR) is 97.7 cm³/mol. The number of halogens is 3. The molecule has 1 amide bonds. The lowest BCUT2D eigenvalue weighted by atomic mass is 10.1. The number of anilines is 1. The summed E-state index contributed by atoms with van der Waals surface area (Å²) >= 11 is 0. The van der Waals surface area contributed by atoms with Crippen molar-refractivity contribution in [1.29, 1.82) is 0 Å². The number of rotatable bonds is 3. The number of amides is 1. The smallest absolute Gasteiger partial charge is 0.416 e. The summed E-state index contributed by atoms with van der Waals surface area (Å²) in [6, 6.07) is 7.77. The lowest BCUT2D eigenvalue weighted by molar-refractivity contribution is -1.04. The van der Waals surface area contributed by atoms with E-state index in [0.29, 0.717) is 10.7 Å². The molecule has 10 nitrogen and oxygen atoms in total. The van der Waals surface area contributed by atoms with E-state index in [2.05, 4.69) is 26.2 Å². The molecule has 30 heavy (non-hydrogen) atoms. The average molecular weight is 423 g/mol. The van der Waals surface area contributed by atoms with Gasteiger partial charge in [0.05, 0.1) is 23.0 Å². The van der Waals surface area contributed by atoms with E-state index < -0.39 is 28.7 Å². The van der Waals surface area contributed by atoms with E-state index in [-0.39, 0.29) is 22.3 Å². The number of carbonyl (C=O) groups is 1. The quantitative estimate of drug-likeness (QED) is 0.323. The SMILES string of the molecule is C[N+]1([O-])NNC(c2cccc(NC(=O)c3cc(C(F)(F)F)cc4[nH]cnc34)c2)N1O. The van der Waals surface area contributed by atoms with Gasteiger partial charge >= 0.3 is 6.18 Å². The summed E-state index contributed by atoms with van der Waals surface area (Å²) in [6.07, 6.45) is -4.35. The Morgan fingerprint density at radius 1 is 1.33 bits per heavy atom. The van der Waals surface area contributed by atoms with Crippen LogP contribution in [0.15, 0.2) is 42.7 Å². The maximum Gasteiger partial charge on any atom is 0.416 e. The molecule has 1 aliphatic heterocycles. The highest BCUT2D eigenvalue weighted by atomic mass is 19.4. The Balaban J connectivity index is 1.63. The lowest BCUT2D eigenvalue weighted by Crippen LogP contribution is -2.53. The number of quaternary nitrogens is 1. The minimum absolute atomic E-state index is 0.0772. The van der Waals surface area contributed by atoms with Crippen LogP contribution >= 0.6 is 0 Å². The minimum Gasteiger partial charge on any atom is -0.589 e. The third-order valence-electron chi connectivity index (χ3n) is 4.59. The summed E-state index contributed by atoms with van der Waals surface area (Å²) < 4.78 is 39.5. The van der Waals surface area contributed by atoms with Crippen LogP contribution in [0.25, 0.3) is 11.0 Å². The fourth-order valence-corrected chi connectivity index (χ4v) is 3.10. The highest BCUT2D eigenvalue weighted by Gasteiger charge is 2.38. The number of hydrogen-bond donors (Lipinski definition) is 5. The van der Waals surface area contributed by atoms with Crippen molar-refractivity contribution in [3.05, 3.63) is 64.6 Å². The second kappa shape index (κ2) is 7.02. The van der Waals surface area contributed by atoms with Gasteiger partial charge in [0.1, 0.15) is 12.6 Å². The molecule has 1 aliphatic rings. The second-order valence-corrected chi connectivity index (χ2v) is 6.76. The van der Waals surface area contributed by atoms with Gasteiger partial charge in [0.25, 0.3) is 5.91 Å². The van der Waals surface area contributed by atoms with E-state index in [1.807, 2.05) is 0 Å². The Labute approximate surface area is 166 Å². The fourth-order valence-electron chi connectivity index (χ4n) is 3.10. The molecule has 1 aromatic heterocycles. The molecule has 2 atom stereocenters. The number of imidazole rings is 1. The van der Waals surface area contributed by atoms with Crippen molar-refractivity contribution in [3.63, 3.8) is 0 Å². The van der Waals surface area contributed by atoms with Crippen molar-refractivity contribution in [1.82, 2.24) is 26.1 Å². The summed E-state index contributed by atoms with van der Waals surface area (Å²) in [5, 5.41) is 24.9. The molecule has 1 fully saturated rings. The molecule has 0 saturated carbocycles. The molecule has 1 saturated heterocycles. The molecule has 0 aliphatic carbocycles. The van der Waals surface area contributed by atoms with Gasteiger partial charge in [-0.1, -0.05) is 17.7 Å². The summed E-state index contributed by atoms with van der Waals surface area (Å²) in [5.74, 6) is -0.793. The van der Waals surface area contributed by atoms with Crippen molar-refractivity contribution in [2.75, 3.05) is 12.4 Å². The Morgan fingerprint density at radius 3 is 2.77 bits per heavy atom. The summed E-state index contributed by atoms with van der Waals surface area (Å²) in [5.41, 5.74) is 4.54. The highest BCUT2D eigenvalue weighted by Crippen LogP contribution is 2.33. The van der Waals surface area contributed by atoms with Gasteiger partial charge in [0.2, 0.25) is 0 Å². The minimum atomic E-state index is -4.64. The predicted octanol–water partition coefficient (Wildman–Crippen LogP) is 2.41. The molecular formula is C17H16F3N7O3. The van der Waals surface area contributed by atoms with Gasteiger partial charge in [0.15, 0.2) is 6.17 Å². The van der Waals surface area contributed by atoms with Crippen LogP contribution in [0, 0.1) is 5.21 Å². The number of nitrogens with zero attached hydrogens (tertiary/aromatic N) is 3. The van der Waals surface area contributed by atoms with E-state index >= 15 is 0 Å². The van der Waals surface area contributed by atoms with E-state index in [9.17, 15) is 28.4 Å². The van der Waals surface area contributed by atoms with Crippen LogP contribution in [0.3, 0.4) is 0 Å². The molecule has 4 rings (SSSR count). The maximum absolute atomic E-state index is 13.2. The molecule has 2 heterocycles. The summed E-state index contributed by atoms with van der Waals surface area (Å²) in [7, 11) is 1.15. The Kier molecular flexibility index (Phi) is 4.73. The van der Waals surface area contributed by atoms with Crippen molar-refractivity contribution >= 4 is 22.6 Å². The first kappa shape index (κ1) is 20.2. The van der Waals surface area contributed by atoms with E-state index in [0.717, 1.165) is 19.2 Å². The molecule has 5 N–H and O–H groups in total. The van der Waals surface area contributed by atoms with Crippen molar-refractivity contribution in [2.45, 2.75) is 12.3 Å². The van der Waals surface area contributed by atoms with Crippen LogP contribution in [0.1, 0.15) is 27.7 Å². The third-order valence-corrected chi connectivity index (χ3v) is 4.59. The lowest BCUT2D eigenvalue weighted by Gasteiger charge is -2.34. The van der Waals surface area contributed by atoms with Crippen LogP contribution in [0.5, 0.6) is 0 Å². The molecule has 13 heteroatoms. The molecule has 0 radical (unpaired) electrons. The van der Waals surface area contributed by atoms with Gasteiger partial charge in [0, 0.05) is 10.9 Å². The van der Waals surface area contributed by atoms with Crippen molar-refractivity contribution in [3.8, 4) is 0 Å². The molecule has 0 bridgehead atoms. The Morgan fingerprint density at radius 2 is 2.10 bits per heavy atom. The fraction of sp³-hybridized carbons (Fsp3) is 0.176. The van der Waals surface area contributed by atoms with Gasteiger partial charge in [-0.05, 0) is 29.8 Å². The molecule has 158 valence electrons. The van der Waals surface area contributed by atoms with Gasteiger partial charge in [-0.3, -0.25) is 10.0 Å². The second-order valence-electron chi connectivity index (χ2n) is 6.76. The molecule has 2 aromatic carbocycles. The first-order valence-electron chi connectivity index (χ1n) is 8.61. The van der Waals surface area contributed by atoms with E-state index in [1.54, 1.807) is 12.1 Å². The van der Waals surface area contributed by atoms with Crippen LogP contribution in [0.4, 0.5) is 18.9 Å². The van der Waals surface area contributed by atoms with Gasteiger partial charge in [-0.2, -0.15) is 23.5 Å². The number of hydroxylamine groups is 2. The zero-order valence-corrected chi connectivity index (χ0v) is 15.4. The number of hydrazine groups is 1. The maximum atomic E-state index is 13.2. The number of nitrogens with one attached hydrogen (secondary N) is 4. The van der Waals surface area contributed by atoms with Crippen molar-refractivity contribution < 1.29 is 28.0 Å². The van der Waals surface area contributed by atoms with Crippen LogP contribution in [-0.4, -0.2) is 38.2 Å². The standard InChI is InChI=1S/C17H16F3N7O3/c1-27(30)25-24-15(26(27)29)9-3-2-4-11(5-9)23-16(28)12-6-10(17(18,19)20)7-13-14(12)22-8-21-13/h2-8,15,24-25,29H,1H3,(H,21,22)(H,23,28). The number of alkyl halides is 3. The Hall–Kier alpha value is -3.07. The number of carbonyl (C=O) groups excluding carboxylic acids is 1. The largest absolute Gasteiger partial charge is 0.589 e. The number of aromatic amines is 1. The number of benzene rings is 2. The van der Waals surface area contributed by atoms with Gasteiger partial charge in [-0.25, -0.2) is 4.98 Å². The number of fused-ring (bicyclic) bond motifs is 1. The normalized spacial score (nSPS) is 22.5. The first-order valence-corrected chi connectivity index (χ1v) is 8.61.